The number of benzene rings is 2. The summed E-state index contributed by atoms with van der Waals surface area (Å²) in [7, 11) is 0. The highest BCUT2D eigenvalue weighted by atomic mass is 35.5. The van der Waals surface area contributed by atoms with Crippen molar-refractivity contribution in [3.05, 3.63) is 59.4 Å². The number of H-pyrrole nitrogens is 2. The molecule has 4 heteroatoms. The van der Waals surface area contributed by atoms with Gasteiger partial charge in [-0.25, -0.2) is 9.97 Å². The van der Waals surface area contributed by atoms with Crippen molar-refractivity contribution in [1.29, 1.82) is 0 Å². The van der Waals surface area contributed by atoms with Crippen LogP contribution < -0.4 is 9.72 Å². The predicted octanol–water partition coefficient (Wildman–Crippen LogP) is 3.21. The molecule has 0 fully saturated rings. The molecule has 0 unspecified atom stereocenters. The van der Waals surface area contributed by atoms with Crippen LogP contribution in [0.2, 0.25) is 5.02 Å². The van der Waals surface area contributed by atoms with E-state index >= 15 is 0 Å². The molecular weight excluding hydrogens is 248 g/mol. The maximum absolute atomic E-state index is 5.81. The van der Waals surface area contributed by atoms with E-state index in [1.165, 1.54) is 0 Å². The Bertz CT molecular complexity index is 628. The maximum atomic E-state index is 5.81. The Morgan fingerprint density at radius 2 is 1.83 bits per heavy atom. The average Bonchev–Trinajstić information content (AvgIpc) is 2.81. The van der Waals surface area contributed by atoms with Crippen molar-refractivity contribution in [2.45, 2.75) is 6.61 Å². The summed E-state index contributed by atoms with van der Waals surface area (Å²) in [5, 5.41) is 0.708. The molecule has 90 valence electrons. The first-order valence-electron chi connectivity index (χ1n) is 5.68. The van der Waals surface area contributed by atoms with E-state index in [0.29, 0.717) is 11.6 Å². The van der Waals surface area contributed by atoms with E-state index in [0.717, 1.165) is 22.6 Å². The molecule has 1 heterocycles. The van der Waals surface area contributed by atoms with Crippen LogP contribution in [0.1, 0.15) is 5.82 Å². The SMILES string of the molecule is Clc1ccc(OCc2[nH]c3ccccc3[nH+]2)cc1. The lowest BCUT2D eigenvalue weighted by Crippen LogP contribution is -2.10. The molecule has 0 saturated heterocycles. The fraction of sp³-hybridized carbons (Fsp3) is 0.0714. The smallest absolute Gasteiger partial charge is 0.291 e. The van der Waals surface area contributed by atoms with Crippen molar-refractivity contribution >= 4 is 22.6 Å². The first-order valence-corrected chi connectivity index (χ1v) is 6.06. The minimum atomic E-state index is 0.469. The number of rotatable bonds is 3. The number of nitrogens with one attached hydrogen (secondary N) is 2. The van der Waals surface area contributed by atoms with Crippen LogP contribution in [0.5, 0.6) is 5.75 Å². The van der Waals surface area contributed by atoms with Gasteiger partial charge in [-0.15, -0.1) is 0 Å². The number of aromatic nitrogens is 2. The van der Waals surface area contributed by atoms with Gasteiger partial charge in [0.2, 0.25) is 0 Å². The molecule has 1 aromatic heterocycles. The topological polar surface area (TPSA) is 39.2 Å². The zero-order chi connectivity index (χ0) is 12.4. The molecule has 3 rings (SSSR count). The fourth-order valence-electron chi connectivity index (χ4n) is 1.82. The highest BCUT2D eigenvalue weighted by Crippen LogP contribution is 2.16. The van der Waals surface area contributed by atoms with Crippen molar-refractivity contribution in [2.75, 3.05) is 0 Å². The van der Waals surface area contributed by atoms with Gasteiger partial charge in [-0.2, -0.15) is 0 Å². The number of hydrogen-bond donors (Lipinski definition) is 1. The van der Waals surface area contributed by atoms with Crippen molar-refractivity contribution in [3.63, 3.8) is 0 Å². The van der Waals surface area contributed by atoms with Gasteiger partial charge in [-0.1, -0.05) is 23.7 Å². The van der Waals surface area contributed by atoms with E-state index in [9.17, 15) is 0 Å². The van der Waals surface area contributed by atoms with Gasteiger partial charge in [0.05, 0.1) is 0 Å². The molecule has 0 amide bonds. The van der Waals surface area contributed by atoms with Gasteiger partial charge in [0, 0.05) is 5.02 Å². The molecule has 3 nitrogen and oxygen atoms in total. The molecule has 0 spiro atoms. The third-order valence-corrected chi connectivity index (χ3v) is 2.95. The molecule has 0 aliphatic carbocycles. The predicted molar refractivity (Wildman–Crippen MR) is 70.6 cm³/mol. The second-order valence-corrected chi connectivity index (χ2v) is 4.45. The maximum Gasteiger partial charge on any atom is 0.291 e. The molecule has 0 atom stereocenters. The second kappa shape index (κ2) is 4.70. The lowest BCUT2D eigenvalue weighted by molar-refractivity contribution is -0.362. The molecule has 2 aromatic carbocycles. The van der Waals surface area contributed by atoms with Crippen LogP contribution in [0.15, 0.2) is 48.5 Å². The number of halogens is 1. The molecule has 18 heavy (non-hydrogen) atoms. The lowest BCUT2D eigenvalue weighted by Gasteiger charge is -2.01. The molecule has 2 N–H and O–H groups in total. The van der Waals surface area contributed by atoms with Gasteiger partial charge in [-0.05, 0) is 36.4 Å². The van der Waals surface area contributed by atoms with Gasteiger partial charge < -0.3 is 4.74 Å². The Labute approximate surface area is 109 Å². The lowest BCUT2D eigenvalue weighted by atomic mass is 10.3. The Morgan fingerprint density at radius 3 is 2.61 bits per heavy atom. The summed E-state index contributed by atoms with van der Waals surface area (Å²) in [5.74, 6) is 1.73. The van der Waals surface area contributed by atoms with Crippen LogP contribution in [0.25, 0.3) is 11.0 Å². The summed E-state index contributed by atoms with van der Waals surface area (Å²) in [5.41, 5.74) is 2.15. The van der Waals surface area contributed by atoms with Crippen LogP contribution in [-0.4, -0.2) is 4.98 Å². The third kappa shape index (κ3) is 2.31. The van der Waals surface area contributed by atoms with Crippen molar-refractivity contribution in [3.8, 4) is 5.75 Å². The Hall–Kier alpha value is -2.00. The highest BCUT2D eigenvalue weighted by molar-refractivity contribution is 6.30. The van der Waals surface area contributed by atoms with Gasteiger partial charge in [0.1, 0.15) is 5.75 Å². The Balaban J connectivity index is 1.74. The molecular formula is C14H12ClN2O+. The standard InChI is InChI=1S/C14H11ClN2O/c15-10-5-7-11(8-6-10)18-9-14-16-12-3-1-2-4-13(12)17-14/h1-8H,9H2,(H,16,17)/p+1. The minimum absolute atomic E-state index is 0.469. The zero-order valence-electron chi connectivity index (χ0n) is 9.61. The summed E-state index contributed by atoms with van der Waals surface area (Å²) in [6.07, 6.45) is 0. The minimum Gasteiger partial charge on any atom is -0.481 e. The number of hydrogen-bond acceptors (Lipinski definition) is 1. The van der Waals surface area contributed by atoms with Crippen LogP contribution in [0, 0.1) is 0 Å². The zero-order valence-corrected chi connectivity index (χ0v) is 10.4. The number of imidazole rings is 1. The normalized spacial score (nSPS) is 10.7. The number of fused-ring (bicyclic) bond motifs is 1. The summed E-state index contributed by atoms with van der Waals surface area (Å²) < 4.78 is 5.66. The third-order valence-electron chi connectivity index (χ3n) is 2.69. The van der Waals surface area contributed by atoms with E-state index in [4.69, 9.17) is 16.3 Å². The largest absolute Gasteiger partial charge is 0.481 e. The van der Waals surface area contributed by atoms with Crippen molar-refractivity contribution in [1.82, 2.24) is 4.98 Å². The van der Waals surface area contributed by atoms with Gasteiger partial charge in [-0.3, -0.25) is 0 Å². The van der Waals surface area contributed by atoms with Gasteiger partial charge in [0.15, 0.2) is 17.6 Å². The first-order chi connectivity index (χ1) is 8.81. The van der Waals surface area contributed by atoms with Crippen LogP contribution >= 0.6 is 11.6 Å². The fourth-order valence-corrected chi connectivity index (χ4v) is 1.94. The van der Waals surface area contributed by atoms with Crippen LogP contribution in [0.3, 0.4) is 0 Å². The molecule has 0 aliphatic heterocycles. The molecule has 3 aromatic rings. The van der Waals surface area contributed by atoms with Crippen molar-refractivity contribution in [2.24, 2.45) is 0 Å². The summed E-state index contributed by atoms with van der Waals surface area (Å²) in [6.45, 7) is 0.469. The quantitative estimate of drug-likeness (QED) is 0.771. The number of ether oxygens (including phenoxy) is 1. The first kappa shape index (κ1) is 11.1. The number of aromatic amines is 2. The second-order valence-electron chi connectivity index (χ2n) is 4.02. The van der Waals surface area contributed by atoms with Crippen LogP contribution in [0.4, 0.5) is 0 Å². The summed E-state index contributed by atoms with van der Waals surface area (Å²) in [4.78, 5) is 6.54. The average molecular weight is 260 g/mol. The monoisotopic (exact) mass is 259 g/mol. The van der Waals surface area contributed by atoms with E-state index in [2.05, 4.69) is 9.97 Å². The molecule has 0 bridgehead atoms. The molecule has 0 radical (unpaired) electrons. The van der Waals surface area contributed by atoms with E-state index in [-0.39, 0.29) is 0 Å². The van der Waals surface area contributed by atoms with E-state index in [1.54, 1.807) is 0 Å². The molecule has 0 aliphatic rings. The summed E-state index contributed by atoms with van der Waals surface area (Å²) >= 11 is 5.81. The van der Waals surface area contributed by atoms with E-state index in [1.807, 2.05) is 48.5 Å². The van der Waals surface area contributed by atoms with Gasteiger partial charge >= 0.3 is 0 Å². The van der Waals surface area contributed by atoms with E-state index < -0.39 is 0 Å². The van der Waals surface area contributed by atoms with Gasteiger partial charge in [0.25, 0.3) is 5.82 Å². The number of para-hydroxylation sites is 2. The molecule has 0 saturated carbocycles. The summed E-state index contributed by atoms with van der Waals surface area (Å²) in [6, 6.07) is 15.4. The highest BCUT2D eigenvalue weighted by Gasteiger charge is 2.09. The Kier molecular flexibility index (Phi) is 2.90. The van der Waals surface area contributed by atoms with Crippen molar-refractivity contribution < 1.29 is 9.72 Å². The van der Waals surface area contributed by atoms with Crippen LogP contribution in [-0.2, 0) is 6.61 Å². The Morgan fingerprint density at radius 1 is 1.06 bits per heavy atom.